The van der Waals surface area contributed by atoms with E-state index in [1.165, 1.54) is 0 Å². The number of aromatic nitrogens is 2. The molecule has 1 atom stereocenters. The molecule has 0 bridgehead atoms. The predicted octanol–water partition coefficient (Wildman–Crippen LogP) is 2.94. The van der Waals surface area contributed by atoms with Crippen molar-refractivity contribution in [1.82, 2.24) is 19.8 Å². The van der Waals surface area contributed by atoms with Gasteiger partial charge in [-0.3, -0.25) is 14.6 Å². The molecular weight excluding hydrogens is 380 g/mol. The van der Waals surface area contributed by atoms with Crippen LogP contribution in [-0.2, 0) is 9.59 Å². The molecule has 7 heteroatoms. The summed E-state index contributed by atoms with van der Waals surface area (Å²) in [6, 6.07) is 10.4. The number of Topliss-reactive ketones (excluding diaryl/α,β-unsaturated/α-hetero) is 1. The lowest BCUT2D eigenvalue weighted by molar-refractivity contribution is -0.139. The quantitative estimate of drug-likeness (QED) is 0.375. The van der Waals surface area contributed by atoms with Crippen LogP contribution >= 0.6 is 0 Å². The number of rotatable bonds is 6. The molecule has 0 radical (unpaired) electrons. The van der Waals surface area contributed by atoms with Crippen LogP contribution < -0.4 is 0 Å². The molecule has 0 aliphatic carbocycles. The SMILES string of the molecule is CN(C)CCCN1C(=O)C(=O)/C(=C(/O)c2c[nH]c3ccccc23)C1c1cccnc1. The van der Waals surface area contributed by atoms with Crippen molar-refractivity contribution in [2.75, 3.05) is 27.2 Å². The van der Waals surface area contributed by atoms with Gasteiger partial charge in [0, 0.05) is 41.6 Å². The maximum Gasteiger partial charge on any atom is 0.295 e. The summed E-state index contributed by atoms with van der Waals surface area (Å²) < 4.78 is 0. The lowest BCUT2D eigenvalue weighted by Gasteiger charge is -2.25. The van der Waals surface area contributed by atoms with E-state index in [1.54, 1.807) is 29.6 Å². The van der Waals surface area contributed by atoms with E-state index in [1.807, 2.05) is 49.3 Å². The number of H-pyrrole nitrogens is 1. The average Bonchev–Trinajstić information content (AvgIpc) is 3.28. The first-order valence-electron chi connectivity index (χ1n) is 9.88. The molecule has 4 rings (SSSR count). The van der Waals surface area contributed by atoms with Crippen molar-refractivity contribution in [3.63, 3.8) is 0 Å². The summed E-state index contributed by atoms with van der Waals surface area (Å²) in [6.45, 7) is 1.19. The van der Waals surface area contributed by atoms with E-state index >= 15 is 0 Å². The molecule has 1 fully saturated rings. The van der Waals surface area contributed by atoms with Crippen LogP contribution in [0.2, 0.25) is 0 Å². The molecule has 7 nitrogen and oxygen atoms in total. The van der Waals surface area contributed by atoms with Crippen molar-refractivity contribution in [3.05, 3.63) is 71.7 Å². The van der Waals surface area contributed by atoms with E-state index in [-0.39, 0.29) is 11.3 Å². The van der Waals surface area contributed by atoms with Crippen LogP contribution in [0, 0.1) is 0 Å². The first kappa shape index (κ1) is 19.8. The highest BCUT2D eigenvalue weighted by molar-refractivity contribution is 6.46. The van der Waals surface area contributed by atoms with Gasteiger partial charge in [0.25, 0.3) is 11.7 Å². The molecule has 1 aliphatic heterocycles. The molecule has 154 valence electrons. The normalized spacial score (nSPS) is 18.6. The number of fused-ring (bicyclic) bond motifs is 1. The Morgan fingerprint density at radius 3 is 2.73 bits per heavy atom. The molecule has 30 heavy (non-hydrogen) atoms. The number of amides is 1. The van der Waals surface area contributed by atoms with Gasteiger partial charge in [0.15, 0.2) is 0 Å². The Kier molecular flexibility index (Phi) is 5.37. The van der Waals surface area contributed by atoms with Gasteiger partial charge in [-0.1, -0.05) is 24.3 Å². The second-order valence-electron chi connectivity index (χ2n) is 7.68. The molecule has 3 aromatic rings. The van der Waals surface area contributed by atoms with Gasteiger partial charge in [-0.05, 0) is 44.8 Å². The number of carbonyl (C=O) groups excluding carboxylic acids is 2. The molecule has 1 aliphatic rings. The number of benzene rings is 1. The number of aromatic amines is 1. The van der Waals surface area contributed by atoms with Gasteiger partial charge < -0.3 is 19.9 Å². The Morgan fingerprint density at radius 2 is 2.00 bits per heavy atom. The highest BCUT2D eigenvalue weighted by Crippen LogP contribution is 2.40. The largest absolute Gasteiger partial charge is 0.507 e. The van der Waals surface area contributed by atoms with Gasteiger partial charge in [0.1, 0.15) is 5.76 Å². The molecule has 0 saturated carbocycles. The second-order valence-corrected chi connectivity index (χ2v) is 7.68. The van der Waals surface area contributed by atoms with E-state index in [0.29, 0.717) is 24.1 Å². The lowest BCUT2D eigenvalue weighted by atomic mass is 9.96. The first-order valence-corrected chi connectivity index (χ1v) is 9.88. The number of ketones is 1. The first-order chi connectivity index (χ1) is 14.5. The number of carbonyl (C=O) groups is 2. The number of hydrogen-bond donors (Lipinski definition) is 2. The molecule has 1 saturated heterocycles. The Bertz CT molecular complexity index is 1120. The van der Waals surface area contributed by atoms with E-state index in [9.17, 15) is 14.7 Å². The van der Waals surface area contributed by atoms with E-state index < -0.39 is 17.7 Å². The lowest BCUT2D eigenvalue weighted by Crippen LogP contribution is -2.32. The van der Waals surface area contributed by atoms with Crippen molar-refractivity contribution < 1.29 is 14.7 Å². The van der Waals surface area contributed by atoms with Gasteiger partial charge in [0.05, 0.1) is 11.6 Å². The number of hydrogen-bond acceptors (Lipinski definition) is 5. The number of aliphatic hydroxyl groups is 1. The minimum atomic E-state index is -0.672. The third kappa shape index (κ3) is 3.48. The molecule has 0 spiro atoms. The maximum absolute atomic E-state index is 13.0. The molecular formula is C23H24N4O3. The van der Waals surface area contributed by atoms with Crippen LogP contribution in [0.25, 0.3) is 16.7 Å². The van der Waals surface area contributed by atoms with E-state index in [0.717, 1.165) is 17.4 Å². The van der Waals surface area contributed by atoms with Crippen molar-refractivity contribution in [2.24, 2.45) is 0 Å². The Labute approximate surface area is 174 Å². The zero-order valence-corrected chi connectivity index (χ0v) is 17.0. The number of para-hydroxylation sites is 1. The van der Waals surface area contributed by atoms with Crippen molar-refractivity contribution in [3.8, 4) is 0 Å². The zero-order chi connectivity index (χ0) is 21.3. The molecule has 1 unspecified atom stereocenters. The summed E-state index contributed by atoms with van der Waals surface area (Å²) in [5.41, 5.74) is 2.15. The van der Waals surface area contributed by atoms with Crippen LogP contribution in [0.5, 0.6) is 0 Å². The summed E-state index contributed by atoms with van der Waals surface area (Å²) >= 11 is 0. The van der Waals surface area contributed by atoms with E-state index in [2.05, 4.69) is 9.97 Å². The van der Waals surface area contributed by atoms with Crippen LogP contribution in [0.15, 0.2) is 60.6 Å². The molecule has 2 aromatic heterocycles. The van der Waals surface area contributed by atoms with Gasteiger partial charge in [0.2, 0.25) is 0 Å². The molecule has 3 heterocycles. The fourth-order valence-corrected chi connectivity index (χ4v) is 3.96. The minimum Gasteiger partial charge on any atom is -0.507 e. The van der Waals surface area contributed by atoms with Crippen LogP contribution in [-0.4, -0.2) is 63.7 Å². The summed E-state index contributed by atoms with van der Waals surface area (Å²) in [6.07, 6.45) is 5.66. The highest BCUT2D eigenvalue weighted by Gasteiger charge is 2.46. The molecule has 2 N–H and O–H groups in total. The summed E-state index contributed by atoms with van der Waals surface area (Å²) in [5.74, 6) is -1.43. The smallest absolute Gasteiger partial charge is 0.295 e. The van der Waals surface area contributed by atoms with Gasteiger partial charge in [-0.25, -0.2) is 0 Å². The van der Waals surface area contributed by atoms with Crippen molar-refractivity contribution in [1.29, 1.82) is 0 Å². The number of nitrogens with one attached hydrogen (secondary N) is 1. The average molecular weight is 404 g/mol. The van der Waals surface area contributed by atoms with Crippen molar-refractivity contribution in [2.45, 2.75) is 12.5 Å². The maximum atomic E-state index is 13.0. The monoisotopic (exact) mass is 404 g/mol. The van der Waals surface area contributed by atoms with Crippen LogP contribution in [0.1, 0.15) is 23.6 Å². The van der Waals surface area contributed by atoms with Crippen LogP contribution in [0.3, 0.4) is 0 Å². The second kappa shape index (κ2) is 8.12. The highest BCUT2D eigenvalue weighted by atomic mass is 16.3. The fraction of sp³-hybridized carbons (Fsp3) is 0.261. The van der Waals surface area contributed by atoms with Gasteiger partial charge in [-0.15, -0.1) is 0 Å². The zero-order valence-electron chi connectivity index (χ0n) is 17.0. The summed E-state index contributed by atoms with van der Waals surface area (Å²) in [5, 5.41) is 12.0. The number of pyridine rings is 1. The standard InChI is InChI=1S/C23H24N4O3/c1-26(2)11-6-12-27-20(15-7-5-10-24-13-15)19(22(29)23(27)30)21(28)17-14-25-18-9-4-3-8-16(17)18/h3-5,7-10,13-14,20,25,28H,6,11-12H2,1-2H3/b21-19+. The third-order valence-corrected chi connectivity index (χ3v) is 5.39. The topological polar surface area (TPSA) is 89.5 Å². The summed E-state index contributed by atoms with van der Waals surface area (Å²) in [4.78, 5) is 36.8. The van der Waals surface area contributed by atoms with Crippen LogP contribution in [0.4, 0.5) is 0 Å². The Hall–Kier alpha value is -3.45. The van der Waals surface area contributed by atoms with E-state index in [4.69, 9.17) is 0 Å². The fourth-order valence-electron chi connectivity index (χ4n) is 3.96. The molecule has 1 aromatic carbocycles. The number of aliphatic hydroxyl groups excluding tert-OH is 1. The molecule has 1 amide bonds. The van der Waals surface area contributed by atoms with Gasteiger partial charge >= 0.3 is 0 Å². The predicted molar refractivity (Wildman–Crippen MR) is 115 cm³/mol. The summed E-state index contributed by atoms with van der Waals surface area (Å²) in [7, 11) is 3.92. The van der Waals surface area contributed by atoms with Crippen molar-refractivity contribution >= 4 is 28.4 Å². The third-order valence-electron chi connectivity index (χ3n) is 5.39. The minimum absolute atomic E-state index is 0.0996. The Morgan fingerprint density at radius 1 is 1.20 bits per heavy atom. The Balaban J connectivity index is 1.83. The number of nitrogens with zero attached hydrogens (tertiary/aromatic N) is 3. The number of likely N-dealkylation sites (tertiary alicyclic amines) is 1. The van der Waals surface area contributed by atoms with Gasteiger partial charge in [-0.2, -0.15) is 0 Å².